The summed E-state index contributed by atoms with van der Waals surface area (Å²) in [5.74, 6) is 6.38. The van der Waals surface area contributed by atoms with Crippen molar-refractivity contribution in [3.8, 4) is 0 Å². The van der Waals surface area contributed by atoms with Gasteiger partial charge >= 0.3 is 0 Å². The minimum absolute atomic E-state index is 0.0754. The number of piperidine rings is 1. The molecule has 0 radical (unpaired) electrons. The van der Waals surface area contributed by atoms with E-state index in [-0.39, 0.29) is 6.04 Å². The lowest BCUT2D eigenvalue weighted by Gasteiger charge is -2.66. The molecule has 0 spiro atoms. The van der Waals surface area contributed by atoms with Gasteiger partial charge in [-0.2, -0.15) is 5.84 Å². The van der Waals surface area contributed by atoms with E-state index in [1.807, 2.05) is 0 Å². The molecule has 1 heterocycles. The van der Waals surface area contributed by atoms with Crippen molar-refractivity contribution < 1.29 is 4.76 Å². The molecular weight excluding hydrogens is 262 g/mol. The Balaban J connectivity index is 3.43. The van der Waals surface area contributed by atoms with Crippen LogP contribution in [0.4, 0.5) is 0 Å². The Morgan fingerprint density at radius 2 is 1.19 bits per heavy atom. The van der Waals surface area contributed by atoms with Crippen LogP contribution in [0.25, 0.3) is 0 Å². The van der Waals surface area contributed by atoms with Crippen molar-refractivity contribution in [2.24, 2.45) is 11.6 Å². The molecule has 0 aromatic heterocycles. The Hall–Kier alpha value is -1.20. The summed E-state index contributed by atoms with van der Waals surface area (Å²) in [6.07, 6.45) is 10.2. The van der Waals surface area contributed by atoms with E-state index in [0.717, 1.165) is 0 Å². The molecule has 1 aliphatic heterocycles. The van der Waals surface area contributed by atoms with Crippen molar-refractivity contribution in [1.82, 2.24) is 0 Å². The predicted molar refractivity (Wildman–Crippen MR) is 89.7 cm³/mol. The fourth-order valence-electron chi connectivity index (χ4n) is 3.94. The lowest BCUT2D eigenvalue weighted by atomic mass is 9.69. The minimum atomic E-state index is -0.830. The van der Waals surface area contributed by atoms with Crippen LogP contribution in [0.5, 0.6) is 0 Å². The third-order valence-electron chi connectivity index (χ3n) is 4.79. The van der Waals surface area contributed by atoms with Crippen LogP contribution in [0.15, 0.2) is 50.6 Å². The number of rotatable bonds is 8. The molecule has 0 aliphatic carbocycles. The van der Waals surface area contributed by atoms with Gasteiger partial charge in [-0.1, -0.05) is 24.3 Å². The Morgan fingerprint density at radius 3 is 1.43 bits per heavy atom. The zero-order valence-electron chi connectivity index (χ0n) is 13.0. The highest BCUT2D eigenvalue weighted by molar-refractivity contribution is 5.07. The molecule has 21 heavy (non-hydrogen) atoms. The first kappa shape index (κ1) is 17.9. The van der Waals surface area contributed by atoms with Gasteiger partial charge in [-0.3, -0.25) is 4.76 Å². The topological polar surface area (TPSA) is 75.1 Å². The average Bonchev–Trinajstić information content (AvgIpc) is 2.37. The fraction of sp³-hybridized carbons (Fsp3) is 0.529. The van der Waals surface area contributed by atoms with Crippen LogP contribution >= 0.6 is 0 Å². The van der Waals surface area contributed by atoms with Crippen LogP contribution in [0.3, 0.4) is 0 Å². The average molecular weight is 291 g/mol. The second kappa shape index (κ2) is 6.71. The molecule has 118 valence electrons. The zero-order valence-corrected chi connectivity index (χ0v) is 13.0. The summed E-state index contributed by atoms with van der Waals surface area (Å²) in [6, 6.07) is -0.0754. The van der Waals surface area contributed by atoms with Crippen molar-refractivity contribution >= 4 is 0 Å². The molecule has 1 fully saturated rings. The Kier molecular flexibility index (Phi) is 5.70. The highest BCUT2D eigenvalue weighted by Crippen LogP contribution is 2.49. The van der Waals surface area contributed by atoms with E-state index in [1.165, 1.54) is 0 Å². The molecule has 1 saturated heterocycles. The third-order valence-corrected chi connectivity index (χ3v) is 4.79. The highest BCUT2D eigenvalue weighted by atomic mass is 16.6. The van der Waals surface area contributed by atoms with E-state index in [0.29, 0.717) is 38.5 Å². The summed E-state index contributed by atoms with van der Waals surface area (Å²) in [7, 11) is 0. The molecular formula is C17H29N3O. The monoisotopic (exact) mass is 291 g/mol. The maximum Gasteiger partial charge on any atom is 0.125 e. The zero-order chi connectivity index (χ0) is 16.1. The van der Waals surface area contributed by atoms with Crippen LogP contribution in [-0.4, -0.2) is 21.9 Å². The summed E-state index contributed by atoms with van der Waals surface area (Å²) in [5, 5.41) is 13.6. The SMILES string of the molecule is C=CCC1(CC=C)CC(N)CC(CC=C)(CC=C)[N+]1(N)[O-]. The van der Waals surface area contributed by atoms with Gasteiger partial charge in [0.1, 0.15) is 11.1 Å². The van der Waals surface area contributed by atoms with Crippen molar-refractivity contribution in [3.63, 3.8) is 0 Å². The number of nitrogens with zero attached hydrogens (tertiary/aromatic N) is 1. The molecule has 1 aliphatic rings. The van der Waals surface area contributed by atoms with Crippen molar-refractivity contribution in [2.45, 2.75) is 55.6 Å². The van der Waals surface area contributed by atoms with Gasteiger partial charge in [-0.15, -0.1) is 26.3 Å². The molecule has 0 amide bonds. The van der Waals surface area contributed by atoms with E-state index >= 15 is 0 Å². The van der Waals surface area contributed by atoms with E-state index < -0.39 is 15.8 Å². The van der Waals surface area contributed by atoms with Gasteiger partial charge in [0.25, 0.3) is 0 Å². The molecule has 0 unspecified atom stereocenters. The van der Waals surface area contributed by atoms with Crippen LogP contribution in [0.2, 0.25) is 0 Å². The molecule has 0 bridgehead atoms. The number of hydrogen-bond acceptors (Lipinski definition) is 3. The quantitative estimate of drug-likeness (QED) is 0.312. The fourth-order valence-corrected chi connectivity index (χ4v) is 3.94. The van der Waals surface area contributed by atoms with Crippen LogP contribution in [-0.2, 0) is 0 Å². The molecule has 0 saturated carbocycles. The normalized spacial score (nSPS) is 30.3. The van der Waals surface area contributed by atoms with E-state index in [2.05, 4.69) is 26.3 Å². The molecule has 0 aromatic rings. The first-order chi connectivity index (χ1) is 9.84. The van der Waals surface area contributed by atoms with E-state index in [1.54, 1.807) is 24.3 Å². The molecule has 1 rings (SSSR count). The largest absolute Gasteiger partial charge is 0.611 e. The maximum atomic E-state index is 13.6. The Labute approximate surface area is 128 Å². The second-order valence-electron chi connectivity index (χ2n) is 6.25. The molecule has 4 N–H and O–H groups in total. The summed E-state index contributed by atoms with van der Waals surface area (Å²) in [6.45, 7) is 15.2. The smallest absolute Gasteiger partial charge is 0.125 e. The number of nitrogens with two attached hydrogens (primary N) is 2. The van der Waals surface area contributed by atoms with Gasteiger partial charge < -0.3 is 10.9 Å². The van der Waals surface area contributed by atoms with Gasteiger partial charge in [-0.25, -0.2) is 0 Å². The van der Waals surface area contributed by atoms with E-state index in [4.69, 9.17) is 11.6 Å². The maximum absolute atomic E-state index is 13.6. The first-order valence-corrected chi connectivity index (χ1v) is 7.43. The van der Waals surface area contributed by atoms with Gasteiger partial charge in [-0.05, 0) is 0 Å². The molecule has 4 nitrogen and oxygen atoms in total. The molecule has 0 aromatic carbocycles. The summed E-state index contributed by atoms with van der Waals surface area (Å²) >= 11 is 0. The number of hydrogen-bond donors (Lipinski definition) is 2. The molecule has 0 atom stereocenters. The number of quaternary nitrogens is 1. The third kappa shape index (κ3) is 2.90. The highest BCUT2D eigenvalue weighted by Gasteiger charge is 2.59. The Morgan fingerprint density at radius 1 is 0.905 bits per heavy atom. The van der Waals surface area contributed by atoms with Gasteiger partial charge in [0, 0.05) is 44.6 Å². The van der Waals surface area contributed by atoms with Crippen molar-refractivity contribution in [1.29, 1.82) is 0 Å². The van der Waals surface area contributed by atoms with Gasteiger partial charge in [0.15, 0.2) is 0 Å². The van der Waals surface area contributed by atoms with Gasteiger partial charge in [0.05, 0.1) is 0 Å². The lowest BCUT2D eigenvalue weighted by Crippen LogP contribution is -2.79. The van der Waals surface area contributed by atoms with Crippen LogP contribution in [0.1, 0.15) is 38.5 Å². The Bertz CT molecular complexity index is 358. The first-order valence-electron chi connectivity index (χ1n) is 7.43. The number of hydroxylamine groups is 2. The van der Waals surface area contributed by atoms with Crippen LogP contribution in [0, 0.1) is 5.21 Å². The molecule has 4 heteroatoms. The summed E-state index contributed by atoms with van der Waals surface area (Å²) < 4.78 is -0.830. The minimum Gasteiger partial charge on any atom is -0.611 e. The lowest BCUT2D eigenvalue weighted by molar-refractivity contribution is -0.996. The predicted octanol–water partition coefficient (Wildman–Crippen LogP) is 3.08. The van der Waals surface area contributed by atoms with Gasteiger partial charge in [0.2, 0.25) is 0 Å². The van der Waals surface area contributed by atoms with Crippen molar-refractivity contribution in [2.75, 3.05) is 0 Å². The summed E-state index contributed by atoms with van der Waals surface area (Å²) in [4.78, 5) is 0. The van der Waals surface area contributed by atoms with E-state index in [9.17, 15) is 5.21 Å². The standard InChI is InChI=1S/C17H29N3O/c1-5-9-16(10-6-2)13-15(18)14-17(11-7-3,12-8-4)20(16,19)21/h5-8,15H,1-4,9-14,18-19H2. The summed E-state index contributed by atoms with van der Waals surface area (Å²) in [5.41, 5.74) is 4.86. The van der Waals surface area contributed by atoms with Crippen molar-refractivity contribution in [3.05, 3.63) is 55.8 Å². The van der Waals surface area contributed by atoms with Crippen LogP contribution < -0.4 is 11.6 Å². The second-order valence-corrected chi connectivity index (χ2v) is 6.25.